The molecule has 1 unspecified atom stereocenters. The van der Waals surface area contributed by atoms with E-state index in [0.717, 1.165) is 96.3 Å². The largest absolute Gasteiger partial charge is 0.462 e. The molecule has 0 bridgehead atoms. The smallest absolute Gasteiger partial charge is 0.306 e. The Morgan fingerprint density at radius 2 is 0.535 bits per heavy atom. The summed E-state index contributed by atoms with van der Waals surface area (Å²) in [4.78, 5) is 38.1. The summed E-state index contributed by atoms with van der Waals surface area (Å²) in [6.45, 7) is 6.58. The molecule has 0 rings (SSSR count). The summed E-state index contributed by atoms with van der Waals surface area (Å²) < 4.78 is 16.8. The molecular formula is C65H118O6. The molecule has 0 aliphatic heterocycles. The summed E-state index contributed by atoms with van der Waals surface area (Å²) in [5.41, 5.74) is 0. The van der Waals surface area contributed by atoms with Gasteiger partial charge in [-0.05, 0) is 96.3 Å². The van der Waals surface area contributed by atoms with E-state index < -0.39 is 6.10 Å². The van der Waals surface area contributed by atoms with Gasteiger partial charge in [-0.1, -0.05) is 262 Å². The number of ether oxygens (including phenoxy) is 3. The molecule has 0 aromatic rings. The number of carbonyl (C=O) groups excluding carboxylic acids is 3. The van der Waals surface area contributed by atoms with Gasteiger partial charge in [-0.2, -0.15) is 0 Å². The van der Waals surface area contributed by atoms with E-state index in [1.165, 1.54) is 193 Å². The lowest BCUT2D eigenvalue weighted by Gasteiger charge is -2.18. The molecular weight excluding hydrogens is 877 g/mol. The number of hydrogen-bond acceptors (Lipinski definition) is 6. The molecule has 1 atom stereocenters. The fourth-order valence-electron chi connectivity index (χ4n) is 9.06. The van der Waals surface area contributed by atoms with E-state index in [-0.39, 0.29) is 31.1 Å². The zero-order valence-corrected chi connectivity index (χ0v) is 47.5. The number of carbonyl (C=O) groups is 3. The first-order valence-corrected chi connectivity index (χ1v) is 31.1. The summed E-state index contributed by atoms with van der Waals surface area (Å²) in [6, 6.07) is 0. The Morgan fingerprint density at radius 1 is 0.282 bits per heavy atom. The predicted octanol–water partition coefficient (Wildman–Crippen LogP) is 21.0. The fraction of sp³-hybridized carbons (Fsp3) is 0.831. The first-order chi connectivity index (χ1) is 35.0. The maximum absolute atomic E-state index is 12.8. The molecule has 6 heteroatoms. The van der Waals surface area contributed by atoms with Crippen molar-refractivity contribution in [2.45, 2.75) is 335 Å². The van der Waals surface area contributed by atoms with Gasteiger partial charge in [0.05, 0.1) is 0 Å². The molecule has 71 heavy (non-hydrogen) atoms. The Hall–Kier alpha value is -2.63. The first kappa shape index (κ1) is 68.4. The number of allylic oxidation sites excluding steroid dienone is 8. The standard InChI is InChI=1S/C65H118O6/c1-4-7-10-13-16-19-22-24-26-28-29-30-31-32-33-34-35-36-37-38-40-41-43-46-49-52-55-58-64(67)70-61-62(60-69-63(66)57-54-51-48-45-21-18-15-12-9-6-3)71-65(68)59-56-53-50-47-44-42-39-27-25-23-20-17-14-11-8-5-2/h12,15,20,23,27-29,39,62H,4-11,13-14,16-19,21-22,24-26,30-38,40-61H2,1-3H3/b15-12-,23-20-,29-28-,39-27-. The molecule has 0 N–H and O–H groups in total. The van der Waals surface area contributed by atoms with Crippen molar-refractivity contribution in [2.24, 2.45) is 0 Å². The molecule has 414 valence electrons. The molecule has 0 saturated carbocycles. The minimum Gasteiger partial charge on any atom is -0.462 e. The van der Waals surface area contributed by atoms with Gasteiger partial charge in [0, 0.05) is 19.3 Å². The van der Waals surface area contributed by atoms with E-state index in [4.69, 9.17) is 14.2 Å². The molecule has 0 aromatic carbocycles. The van der Waals surface area contributed by atoms with Crippen LogP contribution in [0.5, 0.6) is 0 Å². The van der Waals surface area contributed by atoms with Gasteiger partial charge in [0.25, 0.3) is 0 Å². The summed E-state index contributed by atoms with van der Waals surface area (Å²) >= 11 is 0. The Morgan fingerprint density at radius 3 is 0.859 bits per heavy atom. The minimum atomic E-state index is -0.782. The Kier molecular flexibility index (Phi) is 57.7. The average Bonchev–Trinajstić information content (AvgIpc) is 3.37. The van der Waals surface area contributed by atoms with Gasteiger partial charge < -0.3 is 14.2 Å². The second kappa shape index (κ2) is 59.9. The molecule has 0 aliphatic carbocycles. The lowest BCUT2D eigenvalue weighted by atomic mass is 10.0. The maximum Gasteiger partial charge on any atom is 0.306 e. The van der Waals surface area contributed by atoms with Crippen molar-refractivity contribution < 1.29 is 28.6 Å². The van der Waals surface area contributed by atoms with E-state index in [1.54, 1.807) is 0 Å². The van der Waals surface area contributed by atoms with E-state index in [2.05, 4.69) is 69.4 Å². The normalized spacial score (nSPS) is 12.3. The van der Waals surface area contributed by atoms with Crippen LogP contribution in [0.3, 0.4) is 0 Å². The maximum atomic E-state index is 12.8. The van der Waals surface area contributed by atoms with E-state index in [9.17, 15) is 14.4 Å². The molecule has 0 spiro atoms. The number of rotatable bonds is 57. The highest BCUT2D eigenvalue weighted by atomic mass is 16.6. The van der Waals surface area contributed by atoms with Gasteiger partial charge in [0.1, 0.15) is 13.2 Å². The van der Waals surface area contributed by atoms with Crippen LogP contribution in [0.1, 0.15) is 329 Å². The van der Waals surface area contributed by atoms with Crippen LogP contribution in [-0.4, -0.2) is 37.2 Å². The van der Waals surface area contributed by atoms with Crippen molar-refractivity contribution in [3.05, 3.63) is 48.6 Å². The highest BCUT2D eigenvalue weighted by Gasteiger charge is 2.19. The van der Waals surface area contributed by atoms with Crippen molar-refractivity contribution in [2.75, 3.05) is 13.2 Å². The molecule has 0 aromatic heterocycles. The van der Waals surface area contributed by atoms with Crippen molar-refractivity contribution in [1.29, 1.82) is 0 Å². The van der Waals surface area contributed by atoms with E-state index in [0.29, 0.717) is 19.3 Å². The van der Waals surface area contributed by atoms with E-state index >= 15 is 0 Å². The van der Waals surface area contributed by atoms with Crippen LogP contribution in [-0.2, 0) is 28.6 Å². The number of esters is 3. The van der Waals surface area contributed by atoms with E-state index in [1.807, 2.05) is 0 Å². The molecule has 0 fully saturated rings. The molecule has 0 radical (unpaired) electrons. The topological polar surface area (TPSA) is 78.9 Å². The van der Waals surface area contributed by atoms with Gasteiger partial charge in [-0.3, -0.25) is 14.4 Å². The third-order valence-corrected chi connectivity index (χ3v) is 13.8. The van der Waals surface area contributed by atoms with Crippen molar-refractivity contribution in [1.82, 2.24) is 0 Å². The van der Waals surface area contributed by atoms with Crippen LogP contribution < -0.4 is 0 Å². The van der Waals surface area contributed by atoms with Crippen LogP contribution in [0.15, 0.2) is 48.6 Å². The Balaban J connectivity index is 4.17. The minimum absolute atomic E-state index is 0.0792. The number of unbranched alkanes of at least 4 members (excludes halogenated alkanes) is 38. The van der Waals surface area contributed by atoms with Gasteiger partial charge in [-0.25, -0.2) is 0 Å². The predicted molar refractivity (Wildman–Crippen MR) is 307 cm³/mol. The van der Waals surface area contributed by atoms with Crippen molar-refractivity contribution in [3.63, 3.8) is 0 Å². The van der Waals surface area contributed by atoms with Crippen LogP contribution in [0, 0.1) is 0 Å². The summed E-state index contributed by atoms with van der Waals surface area (Å²) in [5, 5.41) is 0. The summed E-state index contributed by atoms with van der Waals surface area (Å²) in [7, 11) is 0. The second-order valence-electron chi connectivity index (χ2n) is 21.0. The highest BCUT2D eigenvalue weighted by molar-refractivity contribution is 5.71. The molecule has 0 saturated heterocycles. The summed E-state index contributed by atoms with van der Waals surface area (Å²) in [5.74, 6) is -0.890. The molecule has 0 heterocycles. The van der Waals surface area contributed by atoms with Crippen LogP contribution in [0.25, 0.3) is 0 Å². The third-order valence-electron chi connectivity index (χ3n) is 13.8. The van der Waals surface area contributed by atoms with Gasteiger partial charge in [0.15, 0.2) is 6.10 Å². The quantitative estimate of drug-likeness (QED) is 0.0261. The first-order valence-electron chi connectivity index (χ1n) is 31.1. The molecule has 0 aliphatic rings. The van der Waals surface area contributed by atoms with Crippen molar-refractivity contribution >= 4 is 17.9 Å². The monoisotopic (exact) mass is 995 g/mol. The Labute approximate surface area is 441 Å². The van der Waals surface area contributed by atoms with Crippen LogP contribution in [0.2, 0.25) is 0 Å². The fourth-order valence-corrected chi connectivity index (χ4v) is 9.06. The van der Waals surface area contributed by atoms with Crippen LogP contribution >= 0.6 is 0 Å². The SMILES string of the molecule is CCC/C=C\CCCCCCCC(=O)OCC(COC(=O)CCCCCCCCCCCCCCCCC/C=C\CCCCCCCCCC)OC(=O)CCCCCCC/C=C\C/C=C\CCCCCC. The Bertz CT molecular complexity index is 1230. The van der Waals surface area contributed by atoms with Gasteiger partial charge in [0.2, 0.25) is 0 Å². The molecule has 6 nitrogen and oxygen atoms in total. The molecule has 0 amide bonds. The van der Waals surface area contributed by atoms with Gasteiger partial charge >= 0.3 is 17.9 Å². The van der Waals surface area contributed by atoms with Gasteiger partial charge in [-0.15, -0.1) is 0 Å². The zero-order chi connectivity index (χ0) is 51.4. The zero-order valence-electron chi connectivity index (χ0n) is 47.5. The van der Waals surface area contributed by atoms with Crippen LogP contribution in [0.4, 0.5) is 0 Å². The highest BCUT2D eigenvalue weighted by Crippen LogP contribution is 2.17. The average molecular weight is 996 g/mol. The third kappa shape index (κ3) is 58.1. The second-order valence-corrected chi connectivity index (χ2v) is 21.0. The van der Waals surface area contributed by atoms with Crippen molar-refractivity contribution in [3.8, 4) is 0 Å². The number of hydrogen-bond donors (Lipinski definition) is 0. The lowest BCUT2D eigenvalue weighted by Crippen LogP contribution is -2.30. The summed E-state index contributed by atoms with van der Waals surface area (Å²) in [6.07, 6.45) is 74.2. The lowest BCUT2D eigenvalue weighted by molar-refractivity contribution is -0.167.